The SMILES string of the molecule is CC#CCn1c(N2CCC[C@@H](N)C2)cc(=O)n(Cc2cccc(C(=O)N3CCC[C@@H]3C(=O)O)c2)c1=O. The number of carboxylic acids is 1. The van der Waals surface area contributed by atoms with E-state index in [1.807, 2.05) is 4.90 Å². The van der Waals surface area contributed by atoms with Crippen LogP contribution in [0.3, 0.4) is 0 Å². The number of aromatic nitrogens is 2. The van der Waals surface area contributed by atoms with Gasteiger partial charge in [0.1, 0.15) is 11.9 Å². The van der Waals surface area contributed by atoms with Crippen molar-refractivity contribution in [3.8, 4) is 11.8 Å². The number of carbonyl (C=O) groups excluding carboxylic acids is 1. The fourth-order valence-corrected chi connectivity index (χ4v) is 4.95. The number of nitrogens with zero attached hydrogens (tertiary/aromatic N) is 4. The van der Waals surface area contributed by atoms with E-state index < -0.39 is 23.3 Å². The van der Waals surface area contributed by atoms with Gasteiger partial charge in [-0.2, -0.15) is 0 Å². The van der Waals surface area contributed by atoms with Crippen molar-refractivity contribution >= 4 is 17.7 Å². The van der Waals surface area contributed by atoms with Gasteiger partial charge in [0.25, 0.3) is 11.5 Å². The van der Waals surface area contributed by atoms with Crippen molar-refractivity contribution in [1.29, 1.82) is 0 Å². The maximum absolute atomic E-state index is 13.5. The Morgan fingerprint density at radius 1 is 1.11 bits per heavy atom. The third-order valence-corrected chi connectivity index (χ3v) is 6.77. The van der Waals surface area contributed by atoms with E-state index in [0.29, 0.717) is 49.4 Å². The van der Waals surface area contributed by atoms with Crippen molar-refractivity contribution in [2.45, 2.75) is 57.8 Å². The van der Waals surface area contributed by atoms with Crippen LogP contribution in [-0.4, -0.2) is 62.7 Å². The van der Waals surface area contributed by atoms with Gasteiger partial charge in [-0.25, -0.2) is 9.59 Å². The summed E-state index contributed by atoms with van der Waals surface area (Å²) in [7, 11) is 0. The average Bonchev–Trinajstić information content (AvgIpc) is 3.36. The van der Waals surface area contributed by atoms with Crippen molar-refractivity contribution in [3.63, 3.8) is 0 Å². The highest BCUT2D eigenvalue weighted by atomic mass is 16.4. The second-order valence-electron chi connectivity index (χ2n) is 9.27. The second kappa shape index (κ2) is 10.8. The van der Waals surface area contributed by atoms with E-state index in [4.69, 9.17) is 5.73 Å². The molecule has 3 N–H and O–H groups in total. The highest BCUT2D eigenvalue weighted by Crippen LogP contribution is 2.21. The molecular weight excluding hydrogens is 462 g/mol. The average molecular weight is 494 g/mol. The first kappa shape index (κ1) is 25.3. The normalized spacial score (nSPS) is 19.6. The third-order valence-electron chi connectivity index (χ3n) is 6.77. The monoisotopic (exact) mass is 493 g/mol. The number of hydrogen-bond donors (Lipinski definition) is 2. The molecule has 1 aromatic heterocycles. The first-order valence-corrected chi connectivity index (χ1v) is 12.2. The van der Waals surface area contributed by atoms with E-state index in [9.17, 15) is 24.3 Å². The van der Waals surface area contributed by atoms with Gasteiger partial charge in [0, 0.05) is 37.3 Å². The summed E-state index contributed by atoms with van der Waals surface area (Å²) in [5.74, 6) is 4.83. The van der Waals surface area contributed by atoms with Crippen LogP contribution in [0, 0.1) is 11.8 Å². The largest absolute Gasteiger partial charge is 0.480 e. The Balaban J connectivity index is 1.66. The molecular formula is C26H31N5O5. The summed E-state index contributed by atoms with van der Waals surface area (Å²) in [6.45, 7) is 3.44. The van der Waals surface area contributed by atoms with E-state index in [-0.39, 0.29) is 25.0 Å². The molecule has 2 saturated heterocycles. The molecule has 0 bridgehead atoms. The Morgan fingerprint density at radius 2 is 1.89 bits per heavy atom. The number of anilines is 1. The molecule has 36 heavy (non-hydrogen) atoms. The molecule has 1 aromatic carbocycles. The molecule has 1 amide bonds. The van der Waals surface area contributed by atoms with Gasteiger partial charge in [0.05, 0.1) is 13.1 Å². The van der Waals surface area contributed by atoms with E-state index in [1.54, 1.807) is 31.2 Å². The number of hydrogen-bond acceptors (Lipinski definition) is 6. The van der Waals surface area contributed by atoms with Crippen molar-refractivity contribution < 1.29 is 14.7 Å². The van der Waals surface area contributed by atoms with Crippen molar-refractivity contribution in [2.75, 3.05) is 24.5 Å². The Hall–Kier alpha value is -3.84. The van der Waals surface area contributed by atoms with Crippen LogP contribution in [0.2, 0.25) is 0 Å². The zero-order valence-electron chi connectivity index (χ0n) is 20.4. The zero-order valence-corrected chi connectivity index (χ0v) is 20.4. The van der Waals surface area contributed by atoms with E-state index in [1.165, 1.54) is 15.5 Å². The van der Waals surface area contributed by atoms with Crippen LogP contribution in [0.4, 0.5) is 5.82 Å². The Labute approximate surface area is 208 Å². The summed E-state index contributed by atoms with van der Waals surface area (Å²) in [6.07, 6.45) is 2.82. The van der Waals surface area contributed by atoms with Gasteiger partial charge in [-0.1, -0.05) is 18.1 Å². The first-order valence-electron chi connectivity index (χ1n) is 12.2. The molecule has 2 aliphatic rings. The second-order valence-corrected chi connectivity index (χ2v) is 9.27. The predicted octanol–water partition coefficient (Wildman–Crippen LogP) is 0.698. The lowest BCUT2D eigenvalue weighted by Gasteiger charge is -2.33. The standard InChI is InChI=1S/C26H31N5O5/c1-2-3-12-30-22(28-11-5-9-20(27)17-28)15-23(32)31(26(30)36)16-18-7-4-8-19(14-18)24(33)29-13-6-10-21(29)25(34)35/h4,7-8,14-15,20-21H,5-6,9-13,16-17,27H2,1H3,(H,34,35)/t20-,21-/m1/s1. The molecule has 4 rings (SSSR count). The summed E-state index contributed by atoms with van der Waals surface area (Å²) in [4.78, 5) is 54.4. The van der Waals surface area contributed by atoms with Crippen LogP contribution < -0.4 is 21.9 Å². The van der Waals surface area contributed by atoms with Gasteiger partial charge in [-0.3, -0.25) is 18.7 Å². The molecule has 2 fully saturated rings. The zero-order chi connectivity index (χ0) is 25.8. The quantitative estimate of drug-likeness (QED) is 0.567. The maximum Gasteiger partial charge on any atom is 0.333 e. The highest BCUT2D eigenvalue weighted by Gasteiger charge is 2.34. The Morgan fingerprint density at radius 3 is 2.61 bits per heavy atom. The summed E-state index contributed by atoms with van der Waals surface area (Å²) in [5, 5.41) is 9.42. The lowest BCUT2D eigenvalue weighted by Crippen LogP contribution is -2.48. The highest BCUT2D eigenvalue weighted by molar-refractivity contribution is 5.97. The summed E-state index contributed by atoms with van der Waals surface area (Å²) < 4.78 is 2.62. The molecule has 0 spiro atoms. The Bertz CT molecular complexity index is 1330. The van der Waals surface area contributed by atoms with E-state index >= 15 is 0 Å². The van der Waals surface area contributed by atoms with Crippen LogP contribution in [0.1, 0.15) is 48.5 Å². The van der Waals surface area contributed by atoms with Gasteiger partial charge in [-0.05, 0) is 50.3 Å². The fraction of sp³-hybridized carbons (Fsp3) is 0.462. The van der Waals surface area contributed by atoms with Crippen LogP contribution in [-0.2, 0) is 17.9 Å². The summed E-state index contributed by atoms with van der Waals surface area (Å²) in [5.41, 5.74) is 6.11. The fourth-order valence-electron chi connectivity index (χ4n) is 4.95. The Kier molecular flexibility index (Phi) is 7.60. The van der Waals surface area contributed by atoms with Crippen molar-refractivity contribution in [3.05, 3.63) is 62.3 Å². The number of benzene rings is 1. The number of aliphatic carboxylic acids is 1. The third kappa shape index (κ3) is 5.21. The molecule has 0 radical (unpaired) electrons. The van der Waals surface area contributed by atoms with Gasteiger partial charge >= 0.3 is 11.7 Å². The van der Waals surface area contributed by atoms with Crippen molar-refractivity contribution in [2.24, 2.45) is 5.73 Å². The number of carboxylic acid groups (broad SMARTS) is 1. The van der Waals surface area contributed by atoms with Gasteiger partial charge < -0.3 is 20.6 Å². The predicted molar refractivity (Wildman–Crippen MR) is 135 cm³/mol. The molecule has 0 saturated carbocycles. The van der Waals surface area contributed by atoms with Crippen molar-refractivity contribution in [1.82, 2.24) is 14.0 Å². The number of rotatable bonds is 6. The molecule has 190 valence electrons. The van der Waals surface area contributed by atoms with Crippen LogP contribution in [0.25, 0.3) is 0 Å². The number of carbonyl (C=O) groups is 2. The molecule has 2 aliphatic heterocycles. The molecule has 3 heterocycles. The smallest absolute Gasteiger partial charge is 0.333 e. The molecule has 10 heteroatoms. The number of likely N-dealkylation sites (tertiary alicyclic amines) is 1. The van der Waals surface area contributed by atoms with Gasteiger partial charge in [-0.15, -0.1) is 5.92 Å². The van der Waals surface area contributed by atoms with Crippen LogP contribution >= 0.6 is 0 Å². The minimum absolute atomic E-state index is 0.0273. The molecule has 2 atom stereocenters. The number of nitrogens with two attached hydrogens (primary N) is 1. The lowest BCUT2D eigenvalue weighted by molar-refractivity contribution is -0.141. The summed E-state index contributed by atoms with van der Waals surface area (Å²) in [6, 6.07) is 7.21. The van der Waals surface area contributed by atoms with Gasteiger partial charge in [0.15, 0.2) is 0 Å². The molecule has 2 aromatic rings. The molecule has 0 aliphatic carbocycles. The van der Waals surface area contributed by atoms with Crippen LogP contribution in [0.15, 0.2) is 39.9 Å². The summed E-state index contributed by atoms with van der Waals surface area (Å²) >= 11 is 0. The minimum Gasteiger partial charge on any atom is -0.480 e. The van der Waals surface area contributed by atoms with Gasteiger partial charge in [0.2, 0.25) is 0 Å². The lowest BCUT2D eigenvalue weighted by atomic mass is 10.1. The van der Waals surface area contributed by atoms with E-state index in [0.717, 1.165) is 17.4 Å². The van der Waals surface area contributed by atoms with E-state index in [2.05, 4.69) is 11.8 Å². The topological polar surface area (TPSA) is 131 Å². The number of amides is 1. The maximum atomic E-state index is 13.5. The molecule has 0 unspecified atom stereocenters. The minimum atomic E-state index is -1.02. The molecule has 10 nitrogen and oxygen atoms in total. The van der Waals surface area contributed by atoms with Crippen LogP contribution in [0.5, 0.6) is 0 Å². The first-order chi connectivity index (χ1) is 17.3. The number of piperidine rings is 1.